The van der Waals surface area contributed by atoms with Gasteiger partial charge in [0.2, 0.25) is 0 Å². The van der Waals surface area contributed by atoms with Gasteiger partial charge in [-0.05, 0) is 18.6 Å². The molecule has 5 nitrogen and oxygen atoms in total. The number of aliphatic imine (C=N–C) groups is 1. The van der Waals surface area contributed by atoms with Crippen LogP contribution in [0.3, 0.4) is 0 Å². The van der Waals surface area contributed by atoms with Crippen molar-refractivity contribution in [2.24, 2.45) is 10.7 Å². The van der Waals surface area contributed by atoms with Crippen LogP contribution in [0.25, 0.3) is 0 Å². The van der Waals surface area contributed by atoms with E-state index < -0.39 is 0 Å². The molecular weight excluding hydrogens is 276 g/mol. The largest absolute Gasteiger partial charge is 0.370 e. The number of guanidine groups is 1. The Morgan fingerprint density at radius 1 is 1.30 bits per heavy atom. The third kappa shape index (κ3) is 5.93. The van der Waals surface area contributed by atoms with Gasteiger partial charge in [-0.25, -0.2) is 0 Å². The van der Waals surface area contributed by atoms with Crippen molar-refractivity contribution in [1.82, 2.24) is 10.6 Å². The molecule has 0 bridgehead atoms. The molecule has 20 heavy (non-hydrogen) atoms. The summed E-state index contributed by atoms with van der Waals surface area (Å²) >= 11 is 5.94. The molecule has 0 aliphatic rings. The Hall–Kier alpha value is -1.75. The van der Waals surface area contributed by atoms with Crippen molar-refractivity contribution in [2.45, 2.75) is 19.8 Å². The number of carbonyl (C=O) groups excluding carboxylic acids is 1. The fourth-order valence-corrected chi connectivity index (χ4v) is 1.74. The van der Waals surface area contributed by atoms with Crippen molar-refractivity contribution in [2.75, 3.05) is 19.6 Å². The second-order valence-electron chi connectivity index (χ2n) is 4.28. The molecule has 0 saturated carbocycles. The summed E-state index contributed by atoms with van der Waals surface area (Å²) in [5, 5.41) is 6.15. The first kappa shape index (κ1) is 16.3. The maximum absolute atomic E-state index is 11.8. The van der Waals surface area contributed by atoms with Gasteiger partial charge in [0.05, 0.1) is 10.6 Å². The predicted octanol–water partition coefficient (Wildman–Crippen LogP) is 1.77. The van der Waals surface area contributed by atoms with Gasteiger partial charge in [0.15, 0.2) is 5.96 Å². The molecule has 0 unspecified atom stereocenters. The van der Waals surface area contributed by atoms with Crippen LogP contribution >= 0.6 is 11.6 Å². The van der Waals surface area contributed by atoms with E-state index in [9.17, 15) is 4.79 Å². The van der Waals surface area contributed by atoms with Gasteiger partial charge in [-0.15, -0.1) is 0 Å². The number of halogens is 1. The molecule has 0 heterocycles. The highest BCUT2D eigenvalue weighted by molar-refractivity contribution is 6.33. The highest BCUT2D eigenvalue weighted by Crippen LogP contribution is 2.14. The van der Waals surface area contributed by atoms with E-state index in [1.807, 2.05) is 0 Å². The first-order valence-electron chi connectivity index (χ1n) is 6.71. The van der Waals surface area contributed by atoms with E-state index in [0.717, 1.165) is 19.4 Å². The van der Waals surface area contributed by atoms with Crippen LogP contribution < -0.4 is 16.4 Å². The van der Waals surface area contributed by atoms with E-state index >= 15 is 0 Å². The fourth-order valence-electron chi connectivity index (χ4n) is 1.52. The third-order valence-corrected chi connectivity index (χ3v) is 2.96. The van der Waals surface area contributed by atoms with Crippen molar-refractivity contribution < 1.29 is 4.79 Å². The summed E-state index contributed by atoms with van der Waals surface area (Å²) in [6.07, 6.45) is 2.11. The number of amides is 1. The molecule has 4 N–H and O–H groups in total. The lowest BCUT2D eigenvalue weighted by Crippen LogP contribution is -2.38. The van der Waals surface area contributed by atoms with Crippen LogP contribution in [-0.4, -0.2) is 31.5 Å². The molecule has 0 aliphatic heterocycles. The maximum Gasteiger partial charge on any atom is 0.252 e. The van der Waals surface area contributed by atoms with Gasteiger partial charge in [-0.2, -0.15) is 0 Å². The third-order valence-electron chi connectivity index (χ3n) is 2.63. The minimum absolute atomic E-state index is 0.195. The number of rotatable bonds is 7. The van der Waals surface area contributed by atoms with E-state index in [1.165, 1.54) is 0 Å². The second-order valence-corrected chi connectivity index (χ2v) is 4.69. The number of nitrogens with zero attached hydrogens (tertiary/aromatic N) is 1. The van der Waals surface area contributed by atoms with Crippen molar-refractivity contribution in [3.05, 3.63) is 34.9 Å². The van der Waals surface area contributed by atoms with E-state index in [-0.39, 0.29) is 5.91 Å². The number of nitrogens with one attached hydrogen (secondary N) is 2. The van der Waals surface area contributed by atoms with Crippen LogP contribution in [0.4, 0.5) is 0 Å². The normalized spacial score (nSPS) is 11.2. The van der Waals surface area contributed by atoms with Crippen LogP contribution in [0, 0.1) is 0 Å². The van der Waals surface area contributed by atoms with Gasteiger partial charge in [0.25, 0.3) is 5.91 Å². The van der Waals surface area contributed by atoms with Gasteiger partial charge < -0.3 is 16.4 Å². The quantitative estimate of drug-likeness (QED) is 0.408. The molecular formula is C14H21ClN4O. The lowest BCUT2D eigenvalue weighted by atomic mass is 10.2. The fraction of sp³-hybridized carbons (Fsp3) is 0.429. The predicted molar refractivity (Wildman–Crippen MR) is 83.2 cm³/mol. The molecule has 0 atom stereocenters. The van der Waals surface area contributed by atoms with E-state index in [1.54, 1.807) is 24.3 Å². The highest BCUT2D eigenvalue weighted by Gasteiger charge is 2.07. The number of carbonyl (C=O) groups is 1. The molecule has 1 amide bonds. The van der Waals surface area contributed by atoms with Gasteiger partial charge >= 0.3 is 0 Å². The topological polar surface area (TPSA) is 79.5 Å². The maximum atomic E-state index is 11.8. The molecule has 0 aromatic heterocycles. The summed E-state index contributed by atoms with van der Waals surface area (Å²) in [6, 6.07) is 6.93. The first-order chi connectivity index (χ1) is 9.65. The summed E-state index contributed by atoms with van der Waals surface area (Å²) in [4.78, 5) is 16.0. The van der Waals surface area contributed by atoms with Crippen LogP contribution in [0.2, 0.25) is 5.02 Å². The molecule has 110 valence electrons. The first-order valence-corrected chi connectivity index (χ1v) is 7.09. The lowest BCUT2D eigenvalue weighted by Gasteiger charge is -2.08. The highest BCUT2D eigenvalue weighted by atomic mass is 35.5. The summed E-state index contributed by atoms with van der Waals surface area (Å²) in [5.74, 6) is 0.212. The Labute approximate surface area is 124 Å². The van der Waals surface area contributed by atoms with Gasteiger partial charge in [-0.3, -0.25) is 9.79 Å². The van der Waals surface area contributed by atoms with Crippen LogP contribution in [0.5, 0.6) is 0 Å². The zero-order valence-corrected chi connectivity index (χ0v) is 12.4. The summed E-state index contributed by atoms with van der Waals surface area (Å²) in [6.45, 7) is 3.80. The number of unbranched alkanes of at least 4 members (excludes halogenated alkanes) is 1. The monoisotopic (exact) mass is 296 g/mol. The Balaban J connectivity index is 2.26. The number of hydrogen-bond acceptors (Lipinski definition) is 2. The summed E-state index contributed by atoms with van der Waals surface area (Å²) < 4.78 is 0. The van der Waals surface area contributed by atoms with Crippen LogP contribution in [-0.2, 0) is 0 Å². The van der Waals surface area contributed by atoms with E-state index in [0.29, 0.717) is 29.6 Å². The summed E-state index contributed by atoms with van der Waals surface area (Å²) in [5.41, 5.74) is 6.14. The molecule has 0 spiro atoms. The molecule has 0 radical (unpaired) electrons. The molecule has 6 heteroatoms. The average molecular weight is 297 g/mol. The minimum atomic E-state index is -0.195. The van der Waals surface area contributed by atoms with E-state index in [4.69, 9.17) is 17.3 Å². The minimum Gasteiger partial charge on any atom is -0.370 e. The smallest absolute Gasteiger partial charge is 0.252 e. The summed E-state index contributed by atoms with van der Waals surface area (Å²) in [7, 11) is 0. The number of hydrogen-bond donors (Lipinski definition) is 3. The number of benzene rings is 1. The van der Waals surface area contributed by atoms with Crippen molar-refractivity contribution >= 4 is 23.5 Å². The molecule has 0 fully saturated rings. The SMILES string of the molecule is CCCCN=C(N)NCCNC(=O)c1ccccc1Cl. The van der Waals surface area contributed by atoms with Crippen molar-refractivity contribution in [3.8, 4) is 0 Å². The molecule has 1 aromatic rings. The standard InChI is InChI=1S/C14H21ClN4O/c1-2-3-8-18-14(16)19-10-9-17-13(20)11-6-4-5-7-12(11)15/h4-7H,2-3,8-10H2,1H3,(H,17,20)(H3,16,18,19). The zero-order valence-electron chi connectivity index (χ0n) is 11.7. The second kappa shape index (κ2) is 9.20. The van der Waals surface area contributed by atoms with Crippen molar-refractivity contribution in [3.63, 3.8) is 0 Å². The van der Waals surface area contributed by atoms with Gasteiger partial charge in [-0.1, -0.05) is 37.1 Å². The Morgan fingerprint density at radius 2 is 2.00 bits per heavy atom. The van der Waals surface area contributed by atoms with Crippen LogP contribution in [0.1, 0.15) is 30.1 Å². The zero-order chi connectivity index (χ0) is 14.8. The van der Waals surface area contributed by atoms with Gasteiger partial charge in [0.1, 0.15) is 0 Å². The van der Waals surface area contributed by atoms with Crippen LogP contribution in [0.15, 0.2) is 29.3 Å². The Morgan fingerprint density at radius 3 is 2.70 bits per heavy atom. The average Bonchev–Trinajstić information content (AvgIpc) is 2.44. The van der Waals surface area contributed by atoms with Gasteiger partial charge in [0, 0.05) is 19.6 Å². The number of nitrogens with two attached hydrogens (primary N) is 1. The lowest BCUT2D eigenvalue weighted by molar-refractivity contribution is 0.0954. The van der Waals surface area contributed by atoms with Crippen molar-refractivity contribution in [1.29, 1.82) is 0 Å². The molecule has 0 saturated heterocycles. The Bertz CT molecular complexity index is 462. The Kier molecular flexibility index (Phi) is 7.50. The molecule has 1 rings (SSSR count). The molecule has 1 aromatic carbocycles. The van der Waals surface area contributed by atoms with E-state index in [2.05, 4.69) is 22.5 Å². The molecule has 0 aliphatic carbocycles.